The first-order chi connectivity index (χ1) is 9.06. The summed E-state index contributed by atoms with van der Waals surface area (Å²) in [5.41, 5.74) is 1.17. The van der Waals surface area contributed by atoms with Gasteiger partial charge in [0.25, 0.3) is 5.91 Å². The summed E-state index contributed by atoms with van der Waals surface area (Å²) >= 11 is 3.26. The van der Waals surface area contributed by atoms with Crippen LogP contribution in [0.25, 0.3) is 0 Å². The van der Waals surface area contributed by atoms with Crippen LogP contribution in [0.3, 0.4) is 0 Å². The Labute approximate surface area is 119 Å². The van der Waals surface area contributed by atoms with E-state index in [4.69, 9.17) is 0 Å². The minimum atomic E-state index is -0.317. The van der Waals surface area contributed by atoms with Crippen molar-refractivity contribution in [3.63, 3.8) is 0 Å². The Bertz CT molecular complexity index is 604. The fourth-order valence-electron chi connectivity index (χ4n) is 1.68. The third-order valence-corrected chi connectivity index (χ3v) is 3.10. The standard InChI is InChI=1S/C14H12BrFN2O/c1-9(10-3-2-4-13(16)6-10)18-14(19)11-5-12(15)8-17-7-11/h2-9H,1H3,(H,18,19)/t9-/m1/s1. The largest absolute Gasteiger partial charge is 0.345 e. The lowest BCUT2D eigenvalue weighted by atomic mass is 10.1. The van der Waals surface area contributed by atoms with E-state index in [1.54, 1.807) is 31.3 Å². The van der Waals surface area contributed by atoms with Crippen molar-refractivity contribution in [2.75, 3.05) is 0 Å². The smallest absolute Gasteiger partial charge is 0.253 e. The van der Waals surface area contributed by atoms with Crippen molar-refractivity contribution in [3.8, 4) is 0 Å². The van der Waals surface area contributed by atoms with Crippen LogP contribution in [-0.4, -0.2) is 10.9 Å². The number of nitrogens with zero attached hydrogens (tertiary/aromatic N) is 1. The van der Waals surface area contributed by atoms with E-state index in [2.05, 4.69) is 26.2 Å². The highest BCUT2D eigenvalue weighted by Gasteiger charge is 2.12. The number of carbonyl (C=O) groups is 1. The van der Waals surface area contributed by atoms with Crippen molar-refractivity contribution >= 4 is 21.8 Å². The fourth-order valence-corrected chi connectivity index (χ4v) is 2.04. The number of carbonyl (C=O) groups excluding carboxylic acids is 1. The minimum absolute atomic E-state index is 0.245. The lowest BCUT2D eigenvalue weighted by Gasteiger charge is -2.14. The highest BCUT2D eigenvalue weighted by Crippen LogP contribution is 2.15. The van der Waals surface area contributed by atoms with Crippen molar-refractivity contribution in [1.82, 2.24) is 10.3 Å². The Kier molecular flexibility index (Phi) is 4.27. The summed E-state index contributed by atoms with van der Waals surface area (Å²) in [6, 6.07) is 7.57. The molecule has 2 aromatic rings. The Morgan fingerprint density at radius 1 is 1.37 bits per heavy atom. The van der Waals surface area contributed by atoms with Crippen LogP contribution in [0, 0.1) is 5.82 Å². The molecule has 0 aliphatic carbocycles. The van der Waals surface area contributed by atoms with Gasteiger partial charge < -0.3 is 5.32 Å². The summed E-state index contributed by atoms with van der Waals surface area (Å²) in [4.78, 5) is 15.9. The van der Waals surface area contributed by atoms with E-state index in [0.29, 0.717) is 5.56 Å². The summed E-state index contributed by atoms with van der Waals surface area (Å²) in [6.07, 6.45) is 3.09. The molecule has 0 unspecified atom stereocenters. The minimum Gasteiger partial charge on any atom is -0.345 e. The molecule has 19 heavy (non-hydrogen) atoms. The van der Waals surface area contributed by atoms with Crippen LogP contribution in [0.4, 0.5) is 4.39 Å². The van der Waals surface area contributed by atoms with Gasteiger partial charge in [0.05, 0.1) is 11.6 Å². The number of rotatable bonds is 3. The molecule has 0 radical (unpaired) electrons. The second kappa shape index (κ2) is 5.93. The van der Waals surface area contributed by atoms with E-state index >= 15 is 0 Å². The number of aromatic nitrogens is 1. The molecule has 0 aliphatic heterocycles. The predicted molar refractivity (Wildman–Crippen MR) is 74.2 cm³/mol. The molecule has 1 atom stereocenters. The molecule has 0 fully saturated rings. The Morgan fingerprint density at radius 3 is 2.84 bits per heavy atom. The van der Waals surface area contributed by atoms with Crippen LogP contribution >= 0.6 is 15.9 Å². The molecule has 0 saturated carbocycles. The Morgan fingerprint density at radius 2 is 2.16 bits per heavy atom. The van der Waals surface area contributed by atoms with Gasteiger partial charge in [-0.25, -0.2) is 4.39 Å². The van der Waals surface area contributed by atoms with Gasteiger partial charge in [0.15, 0.2) is 0 Å². The van der Waals surface area contributed by atoms with E-state index in [-0.39, 0.29) is 17.8 Å². The summed E-state index contributed by atoms with van der Waals surface area (Å²) in [5, 5.41) is 2.80. The number of benzene rings is 1. The normalized spacial score (nSPS) is 11.9. The molecular weight excluding hydrogens is 311 g/mol. The third-order valence-electron chi connectivity index (χ3n) is 2.66. The van der Waals surface area contributed by atoms with Gasteiger partial charge in [0.1, 0.15) is 5.82 Å². The van der Waals surface area contributed by atoms with Gasteiger partial charge in [0, 0.05) is 16.9 Å². The number of amides is 1. The van der Waals surface area contributed by atoms with E-state index in [0.717, 1.165) is 10.0 Å². The van der Waals surface area contributed by atoms with E-state index in [1.165, 1.54) is 18.3 Å². The van der Waals surface area contributed by atoms with Gasteiger partial charge in [-0.1, -0.05) is 12.1 Å². The van der Waals surface area contributed by atoms with Crippen LogP contribution in [-0.2, 0) is 0 Å². The first-order valence-corrected chi connectivity index (χ1v) is 6.52. The average Bonchev–Trinajstić information content (AvgIpc) is 2.38. The molecule has 0 saturated heterocycles. The zero-order valence-corrected chi connectivity index (χ0v) is 11.8. The average molecular weight is 323 g/mol. The van der Waals surface area contributed by atoms with Crippen molar-refractivity contribution in [2.45, 2.75) is 13.0 Å². The molecule has 1 aromatic heterocycles. The molecule has 0 aliphatic rings. The predicted octanol–water partition coefficient (Wildman–Crippen LogP) is 3.47. The molecule has 0 spiro atoms. The second-order valence-electron chi connectivity index (χ2n) is 4.14. The lowest BCUT2D eigenvalue weighted by molar-refractivity contribution is 0.0939. The van der Waals surface area contributed by atoms with Crippen molar-refractivity contribution < 1.29 is 9.18 Å². The number of nitrogens with one attached hydrogen (secondary N) is 1. The van der Waals surface area contributed by atoms with Crippen LogP contribution in [0.15, 0.2) is 47.2 Å². The molecule has 0 bridgehead atoms. The van der Waals surface area contributed by atoms with Crippen molar-refractivity contribution in [2.24, 2.45) is 0 Å². The molecule has 5 heteroatoms. The van der Waals surface area contributed by atoms with Gasteiger partial charge in [0.2, 0.25) is 0 Å². The second-order valence-corrected chi connectivity index (χ2v) is 5.06. The Balaban J connectivity index is 2.11. The van der Waals surface area contributed by atoms with Gasteiger partial charge in [-0.3, -0.25) is 9.78 Å². The van der Waals surface area contributed by atoms with Crippen molar-refractivity contribution in [1.29, 1.82) is 0 Å². The quantitative estimate of drug-likeness (QED) is 0.940. The highest BCUT2D eigenvalue weighted by molar-refractivity contribution is 9.10. The number of hydrogen-bond donors (Lipinski definition) is 1. The first-order valence-electron chi connectivity index (χ1n) is 5.73. The zero-order chi connectivity index (χ0) is 13.8. The molecule has 1 amide bonds. The fraction of sp³-hybridized carbons (Fsp3) is 0.143. The molecule has 98 valence electrons. The topological polar surface area (TPSA) is 42.0 Å². The van der Waals surface area contributed by atoms with Gasteiger partial charge in [-0.05, 0) is 46.6 Å². The summed E-state index contributed by atoms with van der Waals surface area (Å²) in [6.45, 7) is 1.80. The molecule has 1 heterocycles. The molecular formula is C14H12BrFN2O. The van der Waals surface area contributed by atoms with E-state index in [9.17, 15) is 9.18 Å². The maximum absolute atomic E-state index is 13.1. The molecule has 3 nitrogen and oxygen atoms in total. The van der Waals surface area contributed by atoms with Gasteiger partial charge in [-0.2, -0.15) is 0 Å². The van der Waals surface area contributed by atoms with Crippen LogP contribution in [0.5, 0.6) is 0 Å². The molecule has 2 rings (SSSR count). The number of halogens is 2. The van der Waals surface area contributed by atoms with Gasteiger partial charge >= 0.3 is 0 Å². The van der Waals surface area contributed by atoms with Crippen LogP contribution in [0.2, 0.25) is 0 Å². The summed E-state index contributed by atoms with van der Waals surface area (Å²) < 4.78 is 13.8. The lowest BCUT2D eigenvalue weighted by Crippen LogP contribution is -2.26. The first kappa shape index (κ1) is 13.7. The maximum atomic E-state index is 13.1. The molecule has 1 aromatic carbocycles. The summed E-state index contributed by atoms with van der Waals surface area (Å²) in [5.74, 6) is -0.562. The highest BCUT2D eigenvalue weighted by atomic mass is 79.9. The monoisotopic (exact) mass is 322 g/mol. The zero-order valence-electron chi connectivity index (χ0n) is 10.2. The maximum Gasteiger partial charge on any atom is 0.253 e. The van der Waals surface area contributed by atoms with E-state index < -0.39 is 0 Å². The SMILES string of the molecule is C[C@@H](NC(=O)c1cncc(Br)c1)c1cccc(F)c1. The molecule has 1 N–H and O–H groups in total. The summed E-state index contributed by atoms with van der Waals surface area (Å²) in [7, 11) is 0. The number of hydrogen-bond acceptors (Lipinski definition) is 2. The third kappa shape index (κ3) is 3.61. The van der Waals surface area contributed by atoms with Crippen molar-refractivity contribution in [3.05, 3.63) is 64.1 Å². The van der Waals surface area contributed by atoms with E-state index in [1.807, 2.05) is 0 Å². The Hall–Kier alpha value is -1.75. The number of pyridine rings is 1. The van der Waals surface area contributed by atoms with Crippen LogP contribution in [0.1, 0.15) is 28.9 Å². The van der Waals surface area contributed by atoms with Gasteiger partial charge in [-0.15, -0.1) is 0 Å². The van der Waals surface area contributed by atoms with Crippen LogP contribution < -0.4 is 5.32 Å².